The Morgan fingerprint density at radius 3 is 2.90 bits per heavy atom. The summed E-state index contributed by atoms with van der Waals surface area (Å²) in [4.78, 5) is 5.04. The van der Waals surface area contributed by atoms with Crippen molar-refractivity contribution >= 4 is 55.3 Å². The van der Waals surface area contributed by atoms with Crippen LogP contribution in [-0.4, -0.2) is 4.98 Å². The van der Waals surface area contributed by atoms with Gasteiger partial charge in [-0.25, -0.2) is 4.98 Å². The number of furan rings is 1. The van der Waals surface area contributed by atoms with Gasteiger partial charge >= 0.3 is 0 Å². The number of thiazole rings is 1. The van der Waals surface area contributed by atoms with Gasteiger partial charge in [0.2, 0.25) is 0 Å². The lowest BCUT2D eigenvalue weighted by molar-refractivity contribution is 0.531. The molecule has 98 valence electrons. The largest absolute Gasteiger partial charge is 0.450 e. The smallest absolute Gasteiger partial charge is 0.169 e. The van der Waals surface area contributed by atoms with E-state index in [9.17, 15) is 5.26 Å². The number of aromatic nitrogens is 1. The molecular weight excluding hydrogens is 356 g/mol. The van der Waals surface area contributed by atoms with Crippen LogP contribution in [0.5, 0.6) is 0 Å². The molecule has 3 rings (SSSR count). The van der Waals surface area contributed by atoms with Crippen LogP contribution in [0.25, 0.3) is 16.3 Å². The van der Waals surface area contributed by atoms with E-state index >= 15 is 0 Å². The van der Waals surface area contributed by atoms with Crippen molar-refractivity contribution in [2.24, 2.45) is 0 Å². The van der Waals surface area contributed by atoms with Crippen LogP contribution in [0.3, 0.4) is 0 Å². The number of thioether (sulfide) groups is 1. The highest BCUT2D eigenvalue weighted by atomic mass is 79.9. The van der Waals surface area contributed by atoms with Crippen molar-refractivity contribution in [2.45, 2.75) is 4.34 Å². The number of nitrogens with zero attached hydrogens (tertiary/aromatic N) is 2. The number of nitriles is 1. The standard InChI is InChI=1S/C14H7BrN2OS2/c15-13-6-5-9(18-13)7-10(8-16)19-14-17-11-3-1-2-4-12(11)20-14/h1-7H. The first-order valence-corrected chi connectivity index (χ1v) is 8.08. The van der Waals surface area contributed by atoms with E-state index in [-0.39, 0.29) is 0 Å². The van der Waals surface area contributed by atoms with Gasteiger partial charge in [-0.3, -0.25) is 0 Å². The van der Waals surface area contributed by atoms with Crippen LogP contribution < -0.4 is 0 Å². The number of fused-ring (bicyclic) bond motifs is 1. The van der Waals surface area contributed by atoms with Gasteiger partial charge in [-0.1, -0.05) is 12.1 Å². The van der Waals surface area contributed by atoms with E-state index in [0.29, 0.717) is 15.3 Å². The topological polar surface area (TPSA) is 49.8 Å². The van der Waals surface area contributed by atoms with Gasteiger partial charge in [-0.2, -0.15) is 5.26 Å². The van der Waals surface area contributed by atoms with Gasteiger partial charge in [0.05, 0.1) is 15.1 Å². The molecule has 3 aromatic rings. The van der Waals surface area contributed by atoms with E-state index in [0.717, 1.165) is 14.6 Å². The van der Waals surface area contributed by atoms with E-state index in [1.807, 2.05) is 24.3 Å². The number of benzene rings is 1. The normalized spacial score (nSPS) is 11.7. The molecule has 0 bridgehead atoms. The highest BCUT2D eigenvalue weighted by Crippen LogP contribution is 2.34. The minimum atomic E-state index is 0.547. The summed E-state index contributed by atoms with van der Waals surface area (Å²) >= 11 is 6.17. The van der Waals surface area contributed by atoms with Gasteiger partial charge in [-0.15, -0.1) is 11.3 Å². The third kappa shape index (κ3) is 2.96. The molecule has 0 amide bonds. The lowest BCUT2D eigenvalue weighted by Gasteiger charge is -1.92. The molecule has 2 aromatic heterocycles. The van der Waals surface area contributed by atoms with Crippen molar-refractivity contribution in [1.82, 2.24) is 4.98 Å². The molecule has 0 fully saturated rings. The SMILES string of the molecule is N#CC(=Cc1ccc(Br)o1)Sc1nc2ccccc2s1. The summed E-state index contributed by atoms with van der Waals surface area (Å²) in [5, 5.41) is 9.21. The van der Waals surface area contributed by atoms with E-state index in [1.54, 1.807) is 29.5 Å². The first kappa shape index (κ1) is 13.4. The Bertz CT molecular complexity index is 796. The maximum atomic E-state index is 9.21. The summed E-state index contributed by atoms with van der Waals surface area (Å²) < 4.78 is 7.99. The number of hydrogen-bond donors (Lipinski definition) is 0. The molecule has 6 heteroatoms. The number of halogens is 1. The second-order valence-electron chi connectivity index (χ2n) is 3.81. The summed E-state index contributed by atoms with van der Waals surface area (Å²) in [5.74, 6) is 0.641. The first-order chi connectivity index (χ1) is 9.74. The monoisotopic (exact) mass is 362 g/mol. The van der Waals surface area contributed by atoms with Gasteiger partial charge in [0, 0.05) is 6.08 Å². The molecule has 0 atom stereocenters. The van der Waals surface area contributed by atoms with Crippen LogP contribution in [-0.2, 0) is 0 Å². The predicted octanol–water partition coefficient (Wildman–Crippen LogP) is 5.31. The Morgan fingerprint density at radius 1 is 1.35 bits per heavy atom. The molecule has 0 spiro atoms. The summed E-state index contributed by atoms with van der Waals surface area (Å²) in [6.07, 6.45) is 1.71. The maximum absolute atomic E-state index is 9.21. The van der Waals surface area contributed by atoms with Gasteiger partial charge in [-0.05, 0) is 52.0 Å². The zero-order valence-electron chi connectivity index (χ0n) is 10.0. The Morgan fingerprint density at radius 2 is 2.20 bits per heavy atom. The molecule has 0 N–H and O–H groups in total. The second kappa shape index (κ2) is 5.83. The van der Waals surface area contributed by atoms with Gasteiger partial charge in [0.25, 0.3) is 0 Å². The maximum Gasteiger partial charge on any atom is 0.169 e. The first-order valence-electron chi connectivity index (χ1n) is 5.65. The van der Waals surface area contributed by atoms with Crippen molar-refractivity contribution in [3.8, 4) is 6.07 Å². The molecular formula is C14H7BrN2OS2. The highest BCUT2D eigenvalue weighted by Gasteiger charge is 2.08. The van der Waals surface area contributed by atoms with Crippen LogP contribution in [0, 0.1) is 11.3 Å². The van der Waals surface area contributed by atoms with Crippen LogP contribution in [0.2, 0.25) is 0 Å². The molecule has 0 radical (unpaired) electrons. The minimum absolute atomic E-state index is 0.547. The van der Waals surface area contributed by atoms with Gasteiger partial charge in [0.1, 0.15) is 11.8 Å². The minimum Gasteiger partial charge on any atom is -0.450 e. The molecule has 0 aliphatic carbocycles. The van der Waals surface area contributed by atoms with Crippen LogP contribution >= 0.6 is 39.0 Å². The Kier molecular flexibility index (Phi) is 3.92. The molecule has 3 nitrogen and oxygen atoms in total. The van der Waals surface area contributed by atoms with Crippen molar-refractivity contribution in [3.63, 3.8) is 0 Å². The molecule has 1 aromatic carbocycles. The fourth-order valence-corrected chi connectivity index (χ4v) is 3.88. The van der Waals surface area contributed by atoms with Gasteiger partial charge in [0.15, 0.2) is 9.01 Å². The molecule has 2 heterocycles. The van der Waals surface area contributed by atoms with E-state index in [4.69, 9.17) is 4.42 Å². The molecule has 0 saturated heterocycles. The fraction of sp³-hybridized carbons (Fsp3) is 0. The zero-order chi connectivity index (χ0) is 13.9. The van der Waals surface area contributed by atoms with Crippen molar-refractivity contribution < 1.29 is 4.42 Å². The summed E-state index contributed by atoms with van der Waals surface area (Å²) in [6, 6.07) is 13.7. The third-order valence-electron chi connectivity index (χ3n) is 2.45. The molecule has 20 heavy (non-hydrogen) atoms. The zero-order valence-corrected chi connectivity index (χ0v) is 13.3. The lowest BCUT2D eigenvalue weighted by atomic mass is 10.3. The summed E-state index contributed by atoms with van der Waals surface area (Å²) in [6.45, 7) is 0. The fourth-order valence-electron chi connectivity index (χ4n) is 1.61. The summed E-state index contributed by atoms with van der Waals surface area (Å²) in [7, 11) is 0. The quantitative estimate of drug-likeness (QED) is 0.468. The number of rotatable bonds is 3. The number of para-hydroxylation sites is 1. The molecule has 0 aliphatic heterocycles. The van der Waals surface area contributed by atoms with Crippen molar-refractivity contribution in [2.75, 3.05) is 0 Å². The lowest BCUT2D eigenvalue weighted by Crippen LogP contribution is -1.73. The van der Waals surface area contributed by atoms with Crippen molar-refractivity contribution in [1.29, 1.82) is 5.26 Å². The third-order valence-corrected chi connectivity index (χ3v) is 4.90. The van der Waals surface area contributed by atoms with Crippen molar-refractivity contribution in [3.05, 3.63) is 51.7 Å². The van der Waals surface area contributed by atoms with Gasteiger partial charge < -0.3 is 4.42 Å². The average molecular weight is 363 g/mol. The highest BCUT2D eigenvalue weighted by molar-refractivity contribution is 9.10. The molecule has 0 saturated carbocycles. The second-order valence-corrected chi connectivity index (χ2v) is 6.91. The summed E-state index contributed by atoms with van der Waals surface area (Å²) in [5.41, 5.74) is 0.957. The Labute approximate surface area is 132 Å². The van der Waals surface area contributed by atoms with Crippen LogP contribution in [0.1, 0.15) is 5.76 Å². The van der Waals surface area contributed by atoms with E-state index < -0.39 is 0 Å². The molecule has 0 unspecified atom stereocenters. The van der Waals surface area contributed by atoms with Crippen LogP contribution in [0.15, 0.2) is 54.7 Å². The Balaban J connectivity index is 1.88. The Hall–Kier alpha value is -1.55. The predicted molar refractivity (Wildman–Crippen MR) is 85.5 cm³/mol. The molecule has 0 aliphatic rings. The average Bonchev–Trinajstić information content (AvgIpc) is 3.03. The van der Waals surface area contributed by atoms with E-state index in [2.05, 4.69) is 27.0 Å². The van der Waals surface area contributed by atoms with Crippen LogP contribution in [0.4, 0.5) is 0 Å². The van der Waals surface area contributed by atoms with E-state index in [1.165, 1.54) is 11.8 Å². The number of hydrogen-bond acceptors (Lipinski definition) is 5. The number of allylic oxidation sites excluding steroid dienone is 1.